The third-order valence-electron chi connectivity index (χ3n) is 0.185. The fourth-order valence-electron chi connectivity index (χ4n) is 0.0704. The summed E-state index contributed by atoms with van der Waals surface area (Å²) in [5, 5.41) is 0. The molecule has 0 amide bonds. The van der Waals surface area contributed by atoms with Crippen LogP contribution in [0.2, 0.25) is 0 Å². The summed E-state index contributed by atoms with van der Waals surface area (Å²) in [6.07, 6.45) is 0. The molecule has 0 atom stereocenters. The molecule has 0 saturated carbocycles. The van der Waals surface area contributed by atoms with E-state index in [4.69, 9.17) is 0 Å². The van der Waals surface area contributed by atoms with Crippen LogP contribution < -0.4 is 0 Å². The van der Waals surface area contributed by atoms with E-state index in [1.54, 1.807) is 0 Å². The van der Waals surface area contributed by atoms with E-state index in [1.807, 2.05) is 0 Å². The highest BCUT2D eigenvalue weighted by atomic mass is 32.2. The molecule has 0 aromatic heterocycles. The van der Waals surface area contributed by atoms with E-state index in [2.05, 4.69) is 3.63 Å². The molecule has 44 valence electrons. The highest BCUT2D eigenvalue weighted by Gasteiger charge is 1.84. The molecule has 0 heterocycles. The van der Waals surface area contributed by atoms with Gasteiger partial charge in [0, 0.05) is 24.1 Å². The van der Waals surface area contributed by atoms with Crippen molar-refractivity contribution >= 4 is 24.1 Å². The van der Waals surface area contributed by atoms with Crippen LogP contribution in [0.1, 0.15) is 0 Å². The van der Waals surface area contributed by atoms with Crippen molar-refractivity contribution in [3.05, 3.63) is 0 Å². The van der Waals surface area contributed by atoms with Gasteiger partial charge in [-0.15, -0.1) is 0 Å². The van der Waals surface area contributed by atoms with Crippen LogP contribution in [0.15, 0.2) is 0 Å². The van der Waals surface area contributed by atoms with Gasteiger partial charge < -0.3 is 0 Å². The second-order valence-electron chi connectivity index (χ2n) is 0.522. The van der Waals surface area contributed by atoms with Crippen LogP contribution in [0.3, 0.4) is 0 Å². The lowest BCUT2D eigenvalue weighted by Gasteiger charge is -1.88. The first-order valence-corrected chi connectivity index (χ1v) is 3.27. The molecule has 0 rings (SSSR count). The van der Waals surface area contributed by atoms with Gasteiger partial charge in [0.05, 0.1) is 0 Å². The first-order valence-electron chi connectivity index (χ1n) is 1.45. The molecule has 0 fully saturated rings. The van der Waals surface area contributed by atoms with Gasteiger partial charge >= 0.3 is 0 Å². The zero-order chi connectivity index (χ0) is 5.54. The number of hydrogen-bond acceptors (Lipinski definition) is 3. The number of rotatable bonds is 4. The Balaban J connectivity index is 2.45. The van der Waals surface area contributed by atoms with Crippen LogP contribution in [0, 0.1) is 0 Å². The zero-order valence-corrected chi connectivity index (χ0v) is 5.03. The van der Waals surface area contributed by atoms with E-state index in [1.165, 1.54) is 0 Å². The largest absolute Gasteiger partial charge is 0.242 e. The lowest BCUT2D eigenvalue weighted by molar-refractivity contribution is 0.571. The predicted molar refractivity (Wildman–Crippen MR) is 28.2 cm³/mol. The van der Waals surface area contributed by atoms with Crippen molar-refractivity contribution in [2.45, 2.75) is 0 Å². The van der Waals surface area contributed by atoms with Crippen LogP contribution >= 0.6 is 24.1 Å². The summed E-state index contributed by atoms with van der Waals surface area (Å²) in [4.78, 5) is 0. The van der Waals surface area contributed by atoms with Gasteiger partial charge in [0.15, 0.2) is 12.0 Å². The van der Waals surface area contributed by atoms with Gasteiger partial charge in [-0.1, -0.05) is 0 Å². The molecule has 0 saturated heterocycles. The highest BCUT2D eigenvalue weighted by Crippen LogP contribution is 2.13. The van der Waals surface area contributed by atoms with E-state index in [0.717, 1.165) is 0 Å². The Labute approximate surface area is 49.2 Å². The number of alkyl halides is 2. The van der Waals surface area contributed by atoms with Crippen LogP contribution in [0.5, 0.6) is 0 Å². The molecule has 0 spiro atoms. The standard InChI is InChI=1S/C2H4F2OS2/c3-1-6-5-7-2-4/h1-2H2. The summed E-state index contributed by atoms with van der Waals surface area (Å²) >= 11 is 1.18. The first-order chi connectivity index (χ1) is 3.41. The predicted octanol–water partition coefficient (Wildman–Crippen LogP) is 2.15. The Hall–Kier alpha value is 0.520. The minimum absolute atomic E-state index is 0.589. The van der Waals surface area contributed by atoms with Crippen LogP contribution in [0.4, 0.5) is 8.78 Å². The van der Waals surface area contributed by atoms with E-state index in [9.17, 15) is 8.78 Å². The Bertz CT molecular complexity index is 32.9. The average molecular weight is 146 g/mol. The quantitative estimate of drug-likeness (QED) is 0.444. The third-order valence-corrected chi connectivity index (χ3v) is 1.13. The van der Waals surface area contributed by atoms with Crippen molar-refractivity contribution in [3.8, 4) is 0 Å². The average Bonchev–Trinajstić information content (AvgIpc) is 1.69. The molecule has 5 heteroatoms. The van der Waals surface area contributed by atoms with Crippen LogP contribution in [-0.4, -0.2) is 12.0 Å². The molecule has 0 aromatic rings. The zero-order valence-electron chi connectivity index (χ0n) is 3.39. The van der Waals surface area contributed by atoms with Crippen molar-refractivity contribution in [1.82, 2.24) is 0 Å². The lowest BCUT2D eigenvalue weighted by atomic mass is 11.8. The van der Waals surface area contributed by atoms with Crippen molar-refractivity contribution in [2.75, 3.05) is 12.0 Å². The minimum Gasteiger partial charge on any atom is -0.242 e. The minimum atomic E-state index is -0.632. The van der Waals surface area contributed by atoms with Crippen molar-refractivity contribution < 1.29 is 12.4 Å². The maximum Gasteiger partial charge on any atom is 0.162 e. The fourth-order valence-corrected chi connectivity index (χ4v) is 0.634. The molecular weight excluding hydrogens is 142 g/mol. The number of halogens is 2. The normalized spacial score (nSPS) is 9.43. The molecule has 1 nitrogen and oxygen atoms in total. The molecule has 0 aliphatic carbocycles. The Morgan fingerprint density at radius 2 is 1.57 bits per heavy atom. The maximum atomic E-state index is 11.0. The highest BCUT2D eigenvalue weighted by molar-refractivity contribution is 8.07. The second kappa shape index (κ2) is 6.52. The Morgan fingerprint density at radius 1 is 1.14 bits per heavy atom. The van der Waals surface area contributed by atoms with Gasteiger partial charge in [0.1, 0.15) is 0 Å². The molecule has 0 N–H and O–H groups in total. The summed E-state index contributed by atoms with van der Waals surface area (Å²) in [7, 11) is 0. The topological polar surface area (TPSA) is 9.23 Å². The fraction of sp³-hybridized carbons (Fsp3) is 1.00. The third kappa shape index (κ3) is 6.52. The van der Waals surface area contributed by atoms with Gasteiger partial charge in [-0.25, -0.2) is 12.4 Å². The first kappa shape index (κ1) is 7.52. The van der Waals surface area contributed by atoms with Gasteiger partial charge in [-0.05, 0) is 0 Å². The van der Waals surface area contributed by atoms with Crippen molar-refractivity contribution in [1.29, 1.82) is 0 Å². The Morgan fingerprint density at radius 3 is 1.86 bits per heavy atom. The summed E-state index contributed by atoms with van der Waals surface area (Å²) in [6, 6.07) is -1.26. The molecule has 0 unspecified atom stereocenters. The number of hydrogen-bond donors (Lipinski definition) is 0. The molecule has 0 aromatic carbocycles. The molecule has 0 bridgehead atoms. The SMILES string of the molecule is FCSOSCF. The van der Waals surface area contributed by atoms with E-state index < -0.39 is 12.0 Å². The summed E-state index contributed by atoms with van der Waals surface area (Å²) in [5.41, 5.74) is 0. The van der Waals surface area contributed by atoms with Gasteiger partial charge in [0.2, 0.25) is 0 Å². The molecule has 7 heavy (non-hydrogen) atoms. The molecule has 0 aliphatic rings. The summed E-state index contributed by atoms with van der Waals surface area (Å²) in [6.45, 7) is 0. The van der Waals surface area contributed by atoms with E-state index >= 15 is 0 Å². The Kier molecular flexibility index (Phi) is 7.00. The summed E-state index contributed by atoms with van der Waals surface area (Å²) < 4.78 is 26.3. The van der Waals surface area contributed by atoms with Gasteiger partial charge in [-0.3, -0.25) is 0 Å². The monoisotopic (exact) mass is 146 g/mol. The summed E-state index contributed by atoms with van der Waals surface area (Å²) in [5.74, 6) is 0. The molecular formula is C2H4F2OS2. The van der Waals surface area contributed by atoms with Crippen LogP contribution in [-0.2, 0) is 3.63 Å². The van der Waals surface area contributed by atoms with E-state index in [0.29, 0.717) is 24.1 Å². The van der Waals surface area contributed by atoms with Crippen molar-refractivity contribution in [3.63, 3.8) is 0 Å². The maximum absolute atomic E-state index is 11.0. The van der Waals surface area contributed by atoms with Gasteiger partial charge in [-0.2, -0.15) is 0 Å². The molecule has 0 aliphatic heterocycles. The van der Waals surface area contributed by atoms with Crippen molar-refractivity contribution in [2.24, 2.45) is 0 Å². The lowest BCUT2D eigenvalue weighted by Crippen LogP contribution is -1.65. The van der Waals surface area contributed by atoms with Crippen LogP contribution in [0.25, 0.3) is 0 Å². The smallest absolute Gasteiger partial charge is 0.162 e. The van der Waals surface area contributed by atoms with E-state index in [-0.39, 0.29) is 0 Å². The molecule has 0 radical (unpaired) electrons. The van der Waals surface area contributed by atoms with Gasteiger partial charge in [0.25, 0.3) is 0 Å². The second-order valence-corrected chi connectivity index (χ2v) is 1.97.